The van der Waals surface area contributed by atoms with Gasteiger partial charge in [0.15, 0.2) is 11.9 Å². The van der Waals surface area contributed by atoms with Gasteiger partial charge in [-0.25, -0.2) is 8.42 Å². The lowest BCUT2D eigenvalue weighted by Gasteiger charge is -2.31. The molecule has 1 unspecified atom stereocenters. The van der Waals surface area contributed by atoms with Gasteiger partial charge in [-0.2, -0.15) is 4.31 Å². The molecule has 1 saturated heterocycles. The molecule has 0 spiro atoms. The van der Waals surface area contributed by atoms with Crippen LogP contribution >= 0.6 is 0 Å². The van der Waals surface area contributed by atoms with Crippen LogP contribution in [0.4, 0.5) is 0 Å². The maximum absolute atomic E-state index is 12.9. The van der Waals surface area contributed by atoms with Crippen LogP contribution < -0.4 is 5.32 Å². The average Bonchev–Trinajstić information content (AvgIpc) is 2.79. The second-order valence-electron chi connectivity index (χ2n) is 8.69. The second kappa shape index (κ2) is 10.6. The zero-order valence-corrected chi connectivity index (χ0v) is 19.5. The van der Waals surface area contributed by atoms with E-state index in [9.17, 15) is 22.8 Å². The predicted octanol–water partition coefficient (Wildman–Crippen LogP) is 2.67. The first kappa shape index (κ1) is 24.4. The third-order valence-electron chi connectivity index (χ3n) is 6.28. The molecule has 8 nitrogen and oxygen atoms in total. The average molecular weight is 465 g/mol. The minimum absolute atomic E-state index is 0.0687. The summed E-state index contributed by atoms with van der Waals surface area (Å²) in [5, 5.41) is 2.96. The zero-order valence-electron chi connectivity index (χ0n) is 18.7. The third kappa shape index (κ3) is 5.95. The Bertz CT molecular complexity index is 947. The normalized spacial score (nSPS) is 19.8. The van der Waals surface area contributed by atoms with Gasteiger partial charge in [-0.3, -0.25) is 14.4 Å². The number of amides is 1. The van der Waals surface area contributed by atoms with E-state index in [0.29, 0.717) is 18.4 Å². The molecule has 9 heteroatoms. The number of nitrogens with one attached hydrogen (secondary N) is 1. The van der Waals surface area contributed by atoms with Crippen LogP contribution in [-0.4, -0.2) is 55.6 Å². The maximum Gasteiger partial charge on any atom is 0.309 e. The molecule has 1 aliphatic carbocycles. The van der Waals surface area contributed by atoms with Gasteiger partial charge >= 0.3 is 5.97 Å². The quantitative estimate of drug-likeness (QED) is 0.491. The van der Waals surface area contributed by atoms with E-state index < -0.39 is 28.0 Å². The fourth-order valence-electron chi connectivity index (χ4n) is 4.25. The molecule has 0 radical (unpaired) electrons. The van der Waals surface area contributed by atoms with Crippen molar-refractivity contribution >= 4 is 27.7 Å². The van der Waals surface area contributed by atoms with Crippen LogP contribution in [0.15, 0.2) is 29.2 Å². The Morgan fingerprint density at radius 2 is 1.72 bits per heavy atom. The summed E-state index contributed by atoms with van der Waals surface area (Å²) in [5.74, 6) is -1.40. The molecule has 2 fully saturated rings. The first-order chi connectivity index (χ1) is 15.2. The summed E-state index contributed by atoms with van der Waals surface area (Å²) < 4.78 is 32.6. The van der Waals surface area contributed by atoms with Crippen molar-refractivity contribution in [1.82, 2.24) is 9.62 Å². The molecule has 2 aliphatic rings. The smallest absolute Gasteiger partial charge is 0.309 e. The van der Waals surface area contributed by atoms with E-state index in [0.717, 1.165) is 25.7 Å². The Hall–Kier alpha value is -2.26. The van der Waals surface area contributed by atoms with Gasteiger partial charge in [-0.05, 0) is 51.7 Å². The highest BCUT2D eigenvalue weighted by atomic mass is 32.2. The van der Waals surface area contributed by atoms with E-state index in [1.165, 1.54) is 29.8 Å². The Kier molecular flexibility index (Phi) is 8.05. The molecular weight excluding hydrogens is 432 g/mol. The fourth-order valence-corrected chi connectivity index (χ4v) is 5.76. The molecule has 1 saturated carbocycles. The minimum atomic E-state index is -3.76. The summed E-state index contributed by atoms with van der Waals surface area (Å²) in [5.41, 5.74) is 0.338. The van der Waals surface area contributed by atoms with Crippen molar-refractivity contribution in [2.75, 3.05) is 13.1 Å². The summed E-state index contributed by atoms with van der Waals surface area (Å²) in [4.78, 5) is 36.5. The van der Waals surface area contributed by atoms with Gasteiger partial charge in [-0.1, -0.05) is 31.4 Å². The number of carbonyl (C=O) groups excluding carboxylic acids is 3. The zero-order chi connectivity index (χ0) is 23.3. The summed E-state index contributed by atoms with van der Waals surface area (Å²) >= 11 is 0. The molecule has 1 atom stereocenters. The lowest BCUT2D eigenvalue weighted by atomic mass is 9.95. The van der Waals surface area contributed by atoms with Gasteiger partial charge in [0, 0.05) is 24.7 Å². The maximum atomic E-state index is 12.9. The Morgan fingerprint density at radius 3 is 2.34 bits per heavy atom. The molecule has 32 heavy (non-hydrogen) atoms. The molecule has 1 aliphatic heterocycles. The predicted molar refractivity (Wildman–Crippen MR) is 118 cm³/mol. The van der Waals surface area contributed by atoms with Crippen LogP contribution in [0.1, 0.15) is 69.2 Å². The van der Waals surface area contributed by atoms with Gasteiger partial charge in [0.2, 0.25) is 10.0 Å². The molecule has 1 N–H and O–H groups in total. The van der Waals surface area contributed by atoms with Crippen LogP contribution in [0.25, 0.3) is 0 Å². The van der Waals surface area contributed by atoms with Crippen molar-refractivity contribution < 1.29 is 27.5 Å². The highest BCUT2D eigenvalue weighted by Crippen LogP contribution is 2.26. The van der Waals surface area contributed by atoms with E-state index in [4.69, 9.17) is 4.74 Å². The van der Waals surface area contributed by atoms with Crippen LogP contribution in [-0.2, 0) is 24.3 Å². The highest BCUT2D eigenvalue weighted by molar-refractivity contribution is 7.89. The summed E-state index contributed by atoms with van der Waals surface area (Å²) in [7, 11) is -3.76. The van der Waals surface area contributed by atoms with Crippen molar-refractivity contribution in [3.05, 3.63) is 29.8 Å². The molecule has 3 rings (SSSR count). The Balaban J connectivity index is 1.52. The largest absolute Gasteiger partial charge is 0.452 e. The molecule has 1 aromatic carbocycles. The van der Waals surface area contributed by atoms with Gasteiger partial charge < -0.3 is 10.1 Å². The molecule has 176 valence electrons. The third-order valence-corrected chi connectivity index (χ3v) is 8.17. The van der Waals surface area contributed by atoms with Crippen LogP contribution in [0.5, 0.6) is 0 Å². The number of esters is 1. The number of ketones is 1. The standard InChI is InChI=1S/C23H32N2O6S/c1-16(26)19-7-6-10-21(15-19)32(29,30)25-13-11-18(12-14-25)23(28)31-17(2)22(27)24-20-8-4-3-5-9-20/h6-7,10,15,17-18,20H,3-5,8-9,11-14H2,1-2H3,(H,24,27). The lowest BCUT2D eigenvalue weighted by molar-refractivity contribution is -0.160. The van der Waals surface area contributed by atoms with Crippen molar-refractivity contribution in [2.24, 2.45) is 5.92 Å². The number of carbonyl (C=O) groups is 3. The summed E-state index contributed by atoms with van der Waals surface area (Å²) in [6.07, 6.45) is 5.05. The summed E-state index contributed by atoms with van der Waals surface area (Å²) in [6.45, 7) is 3.31. The fraction of sp³-hybridized carbons (Fsp3) is 0.609. The summed E-state index contributed by atoms with van der Waals surface area (Å²) in [6, 6.07) is 6.12. The number of ether oxygens (including phenoxy) is 1. The first-order valence-corrected chi connectivity index (χ1v) is 12.7. The number of Topliss-reactive ketones (excluding diaryl/α,β-unsaturated/α-hetero) is 1. The molecule has 0 aromatic heterocycles. The molecule has 1 heterocycles. The number of benzene rings is 1. The van der Waals surface area contributed by atoms with Crippen molar-refractivity contribution in [2.45, 2.75) is 75.8 Å². The van der Waals surface area contributed by atoms with E-state index in [-0.39, 0.29) is 35.7 Å². The minimum Gasteiger partial charge on any atom is -0.452 e. The highest BCUT2D eigenvalue weighted by Gasteiger charge is 2.34. The van der Waals surface area contributed by atoms with E-state index in [1.54, 1.807) is 19.1 Å². The van der Waals surface area contributed by atoms with Gasteiger partial charge in [-0.15, -0.1) is 0 Å². The van der Waals surface area contributed by atoms with E-state index >= 15 is 0 Å². The molecule has 1 amide bonds. The molecule has 1 aromatic rings. The Morgan fingerprint density at radius 1 is 1.06 bits per heavy atom. The number of hydrogen-bond acceptors (Lipinski definition) is 6. The molecule has 0 bridgehead atoms. The number of sulfonamides is 1. The number of nitrogens with zero attached hydrogens (tertiary/aromatic N) is 1. The van der Waals surface area contributed by atoms with Crippen LogP contribution in [0.2, 0.25) is 0 Å². The SMILES string of the molecule is CC(=O)c1cccc(S(=O)(=O)N2CCC(C(=O)OC(C)C(=O)NC3CCCCC3)CC2)c1. The van der Waals surface area contributed by atoms with Gasteiger partial charge in [0.1, 0.15) is 0 Å². The van der Waals surface area contributed by atoms with Crippen molar-refractivity contribution in [1.29, 1.82) is 0 Å². The van der Waals surface area contributed by atoms with Crippen LogP contribution in [0, 0.1) is 5.92 Å². The van der Waals surface area contributed by atoms with Crippen molar-refractivity contribution in [3.8, 4) is 0 Å². The van der Waals surface area contributed by atoms with E-state index in [2.05, 4.69) is 5.32 Å². The van der Waals surface area contributed by atoms with Gasteiger partial charge in [0.05, 0.1) is 10.8 Å². The van der Waals surface area contributed by atoms with Gasteiger partial charge in [0.25, 0.3) is 5.91 Å². The Labute approximate surface area is 189 Å². The van der Waals surface area contributed by atoms with Crippen molar-refractivity contribution in [3.63, 3.8) is 0 Å². The lowest BCUT2D eigenvalue weighted by Crippen LogP contribution is -2.44. The monoisotopic (exact) mass is 464 g/mol. The second-order valence-corrected chi connectivity index (χ2v) is 10.6. The van der Waals surface area contributed by atoms with E-state index in [1.807, 2.05) is 0 Å². The number of rotatable bonds is 7. The van der Waals surface area contributed by atoms with Crippen LogP contribution in [0.3, 0.4) is 0 Å². The molecular formula is C23H32N2O6S. The topological polar surface area (TPSA) is 110 Å². The first-order valence-electron chi connectivity index (χ1n) is 11.3. The number of piperidine rings is 1. The number of hydrogen-bond donors (Lipinski definition) is 1.